The number of hydrogen-bond donors (Lipinski definition) is 2. The van der Waals surface area contributed by atoms with Crippen molar-refractivity contribution in [2.24, 2.45) is 0 Å². The van der Waals surface area contributed by atoms with Gasteiger partial charge in [0.05, 0.1) is 10.9 Å². The van der Waals surface area contributed by atoms with Gasteiger partial charge in [-0.05, 0) is 56.9 Å². The van der Waals surface area contributed by atoms with E-state index in [9.17, 15) is 13.2 Å². The molecule has 0 saturated heterocycles. The van der Waals surface area contributed by atoms with E-state index in [0.29, 0.717) is 21.3 Å². The predicted octanol–water partition coefficient (Wildman–Crippen LogP) is 3.74. The Hall–Kier alpha value is -2.62. The van der Waals surface area contributed by atoms with Crippen LogP contribution in [-0.4, -0.2) is 30.6 Å². The Kier molecular flexibility index (Phi) is 6.35. The Morgan fingerprint density at radius 3 is 2.20 bits per heavy atom. The SMILES string of the molecule is Cc1cc(C)c(C)c(S(=O)(=O)N[C@@H](C)C(=O)Nc2nnc(-c3ccccc3)s2)c1C. The Balaban J connectivity index is 1.76. The van der Waals surface area contributed by atoms with Gasteiger partial charge in [-0.3, -0.25) is 10.1 Å². The quantitative estimate of drug-likeness (QED) is 0.603. The van der Waals surface area contributed by atoms with Crippen molar-refractivity contribution in [3.63, 3.8) is 0 Å². The number of aromatic nitrogens is 2. The lowest BCUT2D eigenvalue weighted by atomic mass is 10.0. The van der Waals surface area contributed by atoms with Crippen LogP contribution < -0.4 is 10.0 Å². The molecule has 1 aromatic heterocycles. The highest BCUT2D eigenvalue weighted by atomic mass is 32.2. The molecular weight excluding hydrogens is 420 g/mol. The summed E-state index contributed by atoms with van der Waals surface area (Å²) in [7, 11) is -3.88. The maximum absolute atomic E-state index is 13.0. The van der Waals surface area contributed by atoms with Crippen molar-refractivity contribution in [1.82, 2.24) is 14.9 Å². The fourth-order valence-corrected chi connectivity index (χ4v) is 5.68. The largest absolute Gasteiger partial charge is 0.299 e. The second-order valence-electron chi connectivity index (χ2n) is 7.20. The third-order valence-electron chi connectivity index (χ3n) is 4.97. The Bertz CT molecular complexity index is 1160. The van der Waals surface area contributed by atoms with E-state index in [2.05, 4.69) is 20.2 Å². The van der Waals surface area contributed by atoms with Crippen LogP contribution in [0.1, 0.15) is 29.2 Å². The topological polar surface area (TPSA) is 101 Å². The maximum atomic E-state index is 13.0. The summed E-state index contributed by atoms with van der Waals surface area (Å²) in [6.45, 7) is 8.79. The van der Waals surface area contributed by atoms with Crippen LogP contribution in [0, 0.1) is 27.7 Å². The molecule has 0 aliphatic heterocycles. The minimum absolute atomic E-state index is 0.224. The molecule has 7 nitrogen and oxygen atoms in total. The number of carbonyl (C=O) groups excluding carboxylic acids is 1. The van der Waals surface area contributed by atoms with Crippen molar-refractivity contribution < 1.29 is 13.2 Å². The number of anilines is 1. The third-order valence-corrected chi connectivity index (χ3v) is 7.67. The Labute approximate surface area is 180 Å². The molecule has 0 bridgehead atoms. The second kappa shape index (κ2) is 8.63. The first-order chi connectivity index (χ1) is 14.1. The molecule has 2 N–H and O–H groups in total. The number of sulfonamides is 1. The fourth-order valence-electron chi connectivity index (χ4n) is 3.11. The predicted molar refractivity (Wildman–Crippen MR) is 119 cm³/mol. The van der Waals surface area contributed by atoms with Gasteiger partial charge >= 0.3 is 0 Å². The van der Waals surface area contributed by atoms with Crippen molar-refractivity contribution in [3.8, 4) is 10.6 Å². The molecule has 3 aromatic rings. The van der Waals surface area contributed by atoms with E-state index in [-0.39, 0.29) is 4.90 Å². The van der Waals surface area contributed by atoms with Crippen LogP contribution in [0.15, 0.2) is 41.3 Å². The molecule has 0 unspecified atom stereocenters. The smallest absolute Gasteiger partial charge is 0.244 e. The minimum atomic E-state index is -3.88. The summed E-state index contributed by atoms with van der Waals surface area (Å²) in [4.78, 5) is 12.8. The van der Waals surface area contributed by atoms with Crippen molar-refractivity contribution in [2.75, 3.05) is 5.32 Å². The number of nitrogens with one attached hydrogen (secondary N) is 2. The van der Waals surface area contributed by atoms with Gasteiger partial charge in [0.15, 0.2) is 0 Å². The highest BCUT2D eigenvalue weighted by molar-refractivity contribution is 7.89. The maximum Gasteiger partial charge on any atom is 0.244 e. The van der Waals surface area contributed by atoms with E-state index >= 15 is 0 Å². The highest BCUT2D eigenvalue weighted by Gasteiger charge is 2.27. The van der Waals surface area contributed by atoms with E-state index in [0.717, 1.165) is 16.7 Å². The molecule has 2 aromatic carbocycles. The lowest BCUT2D eigenvalue weighted by molar-refractivity contribution is -0.117. The summed E-state index contributed by atoms with van der Waals surface area (Å²) in [5, 5.41) is 11.7. The zero-order chi connectivity index (χ0) is 22.1. The summed E-state index contributed by atoms with van der Waals surface area (Å²) in [6.07, 6.45) is 0. The van der Waals surface area contributed by atoms with Crippen LogP contribution in [0.3, 0.4) is 0 Å². The van der Waals surface area contributed by atoms with Gasteiger partial charge in [-0.15, -0.1) is 10.2 Å². The van der Waals surface area contributed by atoms with E-state index in [1.807, 2.05) is 50.2 Å². The van der Waals surface area contributed by atoms with Crippen LogP contribution in [0.5, 0.6) is 0 Å². The van der Waals surface area contributed by atoms with Crippen molar-refractivity contribution in [2.45, 2.75) is 45.6 Å². The summed E-state index contributed by atoms with van der Waals surface area (Å²) >= 11 is 1.22. The average Bonchev–Trinajstić information content (AvgIpc) is 3.15. The molecule has 9 heteroatoms. The normalized spacial score (nSPS) is 12.6. The average molecular weight is 445 g/mol. The van der Waals surface area contributed by atoms with E-state index < -0.39 is 22.0 Å². The Morgan fingerprint density at radius 1 is 1.00 bits per heavy atom. The van der Waals surface area contributed by atoms with E-state index in [1.54, 1.807) is 13.8 Å². The molecule has 1 heterocycles. The number of carbonyl (C=O) groups is 1. The van der Waals surface area contributed by atoms with Gasteiger partial charge in [0.2, 0.25) is 21.1 Å². The highest BCUT2D eigenvalue weighted by Crippen LogP contribution is 2.27. The lowest BCUT2D eigenvalue weighted by Gasteiger charge is -2.18. The van der Waals surface area contributed by atoms with Gasteiger partial charge in [0, 0.05) is 5.56 Å². The molecule has 158 valence electrons. The van der Waals surface area contributed by atoms with Gasteiger partial charge in [0.25, 0.3) is 0 Å². The van der Waals surface area contributed by atoms with Crippen molar-refractivity contribution in [3.05, 3.63) is 58.7 Å². The number of hydrogen-bond acceptors (Lipinski definition) is 6. The van der Waals surface area contributed by atoms with Gasteiger partial charge in [0.1, 0.15) is 5.01 Å². The Morgan fingerprint density at radius 2 is 1.60 bits per heavy atom. The first kappa shape index (κ1) is 22.1. The summed E-state index contributed by atoms with van der Waals surface area (Å²) in [5.74, 6) is -0.506. The number of amides is 1. The standard InChI is InChI=1S/C21H24N4O3S2/c1-12-11-13(2)15(4)18(14(12)3)30(27,28)25-16(5)19(26)22-21-24-23-20(29-21)17-9-7-6-8-10-17/h6-11,16,25H,1-5H3,(H,22,24,26)/t16-/m0/s1. The molecule has 0 aliphatic carbocycles. The molecule has 1 atom stereocenters. The first-order valence-corrected chi connectivity index (χ1v) is 11.7. The van der Waals surface area contributed by atoms with E-state index in [4.69, 9.17) is 0 Å². The van der Waals surface area contributed by atoms with Crippen molar-refractivity contribution in [1.29, 1.82) is 0 Å². The first-order valence-electron chi connectivity index (χ1n) is 9.39. The van der Waals surface area contributed by atoms with Gasteiger partial charge < -0.3 is 0 Å². The number of rotatable bonds is 6. The van der Waals surface area contributed by atoms with Crippen LogP contribution in [0.2, 0.25) is 0 Å². The molecule has 0 aliphatic rings. The summed E-state index contributed by atoms with van der Waals surface area (Å²) < 4.78 is 28.5. The van der Waals surface area contributed by atoms with Crippen LogP contribution >= 0.6 is 11.3 Å². The molecule has 30 heavy (non-hydrogen) atoms. The molecule has 0 radical (unpaired) electrons. The minimum Gasteiger partial charge on any atom is -0.299 e. The van der Waals surface area contributed by atoms with Gasteiger partial charge in [-0.1, -0.05) is 47.7 Å². The monoisotopic (exact) mass is 444 g/mol. The lowest BCUT2D eigenvalue weighted by Crippen LogP contribution is -2.42. The van der Waals surface area contributed by atoms with E-state index in [1.165, 1.54) is 18.3 Å². The van der Waals surface area contributed by atoms with Crippen LogP contribution in [0.4, 0.5) is 5.13 Å². The molecule has 0 saturated carbocycles. The second-order valence-corrected chi connectivity index (χ2v) is 9.83. The molecule has 0 fully saturated rings. The van der Waals surface area contributed by atoms with Crippen LogP contribution in [-0.2, 0) is 14.8 Å². The van der Waals surface area contributed by atoms with Gasteiger partial charge in [-0.2, -0.15) is 4.72 Å². The zero-order valence-corrected chi connectivity index (χ0v) is 19.1. The fraction of sp³-hybridized carbons (Fsp3) is 0.286. The van der Waals surface area contributed by atoms with Crippen molar-refractivity contribution >= 4 is 32.4 Å². The summed E-state index contributed by atoms with van der Waals surface area (Å²) in [6, 6.07) is 10.5. The number of benzene rings is 2. The molecule has 1 amide bonds. The van der Waals surface area contributed by atoms with Gasteiger partial charge in [-0.25, -0.2) is 8.42 Å². The molecular formula is C21H24N4O3S2. The third kappa shape index (κ3) is 4.58. The zero-order valence-electron chi connectivity index (χ0n) is 17.5. The molecule has 3 rings (SSSR count). The number of aryl methyl sites for hydroxylation is 2. The summed E-state index contributed by atoms with van der Waals surface area (Å²) in [5.41, 5.74) is 4.02. The van der Waals surface area contributed by atoms with Crippen LogP contribution in [0.25, 0.3) is 10.6 Å². The number of nitrogens with zero attached hydrogens (tertiary/aromatic N) is 2. The molecule has 0 spiro atoms.